The van der Waals surface area contributed by atoms with Crippen LogP contribution in [0.1, 0.15) is 72.9 Å². The predicted molar refractivity (Wildman–Crippen MR) is 326 cm³/mol. The molecule has 0 N–H and O–H groups in total. The van der Waals surface area contributed by atoms with E-state index in [0.717, 1.165) is 34.1 Å². The van der Waals surface area contributed by atoms with E-state index in [2.05, 4.69) is 304 Å². The van der Waals surface area contributed by atoms with Gasteiger partial charge in [0.1, 0.15) is 0 Å². The van der Waals surface area contributed by atoms with Crippen molar-refractivity contribution in [3.8, 4) is 44.5 Å². The van der Waals surface area contributed by atoms with Crippen LogP contribution in [0, 0.1) is 0 Å². The molecule has 2 heteroatoms. The van der Waals surface area contributed by atoms with Gasteiger partial charge in [-0.3, -0.25) is 0 Å². The first-order chi connectivity index (χ1) is 37.9. The fourth-order valence-electron chi connectivity index (χ4n) is 13.3. The van der Waals surface area contributed by atoms with Crippen LogP contribution in [-0.4, -0.2) is 0 Å². The Labute approximate surface area is 452 Å². The van der Waals surface area contributed by atoms with E-state index in [1.54, 1.807) is 0 Å². The van der Waals surface area contributed by atoms with E-state index in [-0.39, 0.29) is 11.8 Å². The van der Waals surface area contributed by atoms with Crippen LogP contribution in [0.2, 0.25) is 0 Å². The summed E-state index contributed by atoms with van der Waals surface area (Å²) in [4.78, 5) is 4.92. The molecule has 12 aromatic carbocycles. The summed E-state index contributed by atoms with van der Waals surface area (Å²) in [6.07, 6.45) is 0. The highest BCUT2D eigenvalue weighted by molar-refractivity contribution is 6.12. The van der Waals surface area contributed by atoms with Gasteiger partial charge in [-0.25, -0.2) is 0 Å². The second-order valence-corrected chi connectivity index (χ2v) is 21.5. The molecule has 14 rings (SSSR count). The number of rotatable bonds is 10. The lowest BCUT2D eigenvalue weighted by atomic mass is 9.67. The summed E-state index contributed by atoms with van der Waals surface area (Å²) in [6.45, 7) is 9.48. The van der Waals surface area contributed by atoms with E-state index in [1.165, 1.54) is 99.4 Å². The van der Waals surface area contributed by atoms with Crippen molar-refractivity contribution in [1.82, 2.24) is 0 Å². The van der Waals surface area contributed by atoms with Gasteiger partial charge in [-0.05, 0) is 173 Å². The second-order valence-electron chi connectivity index (χ2n) is 21.5. The average Bonchev–Trinajstić information content (AvgIpc) is 3.79. The molecule has 0 amide bonds. The summed E-state index contributed by atoms with van der Waals surface area (Å²) < 4.78 is 0. The first-order valence-electron chi connectivity index (χ1n) is 27.3. The number of anilines is 6. The van der Waals surface area contributed by atoms with Crippen LogP contribution in [0.25, 0.3) is 66.1 Å². The van der Waals surface area contributed by atoms with E-state index in [0.29, 0.717) is 0 Å². The standard InChI is InChI=1S/C75H58N2/c1-49(2)63-47-67-68-48-64(50(3)4)66-46-56(77(54-31-15-8-16-32-54)72-40-24-20-34-58(72)52-27-11-6-12-28-52)42-44-62(66)74(68)75(69-37-21-17-35-59(69)60-36-18-22-38-70(60)75)73(67)61-43-41-55(45-65(61)63)76(53-29-13-7-14-30-53)71-39-23-19-33-57(71)51-25-9-5-10-26-51/h5-50H,1-4H3. The van der Waals surface area contributed by atoms with Gasteiger partial charge in [0.25, 0.3) is 0 Å². The van der Waals surface area contributed by atoms with Crippen LogP contribution in [0.15, 0.2) is 267 Å². The van der Waals surface area contributed by atoms with Crippen LogP contribution in [0.5, 0.6) is 0 Å². The maximum absolute atomic E-state index is 2.59. The zero-order valence-electron chi connectivity index (χ0n) is 44.0. The van der Waals surface area contributed by atoms with Crippen LogP contribution in [-0.2, 0) is 5.41 Å². The van der Waals surface area contributed by atoms with Crippen LogP contribution in [0.4, 0.5) is 34.1 Å². The molecule has 0 aromatic heterocycles. The van der Waals surface area contributed by atoms with E-state index in [1.807, 2.05) is 0 Å². The molecule has 1 spiro atoms. The molecule has 0 saturated heterocycles. The summed E-state index contributed by atoms with van der Waals surface area (Å²) >= 11 is 0. The number of fused-ring (bicyclic) bond motifs is 14. The van der Waals surface area contributed by atoms with Gasteiger partial charge in [0, 0.05) is 33.9 Å². The Morgan fingerprint density at radius 3 is 1.00 bits per heavy atom. The van der Waals surface area contributed by atoms with Crippen LogP contribution < -0.4 is 9.80 Å². The molecule has 0 fully saturated rings. The van der Waals surface area contributed by atoms with Gasteiger partial charge in [-0.2, -0.15) is 0 Å². The van der Waals surface area contributed by atoms with E-state index < -0.39 is 5.41 Å². The Morgan fingerprint density at radius 2 is 0.610 bits per heavy atom. The largest absolute Gasteiger partial charge is 0.310 e. The molecular weight excluding hydrogens is 929 g/mol. The number of hydrogen-bond acceptors (Lipinski definition) is 2. The minimum absolute atomic E-state index is 0.248. The molecule has 2 nitrogen and oxygen atoms in total. The molecule has 0 heterocycles. The molecule has 0 saturated carbocycles. The van der Waals surface area contributed by atoms with Crippen molar-refractivity contribution in [2.45, 2.75) is 44.9 Å². The van der Waals surface area contributed by atoms with Crippen LogP contribution >= 0.6 is 0 Å². The monoisotopic (exact) mass is 986 g/mol. The fraction of sp³-hybridized carbons (Fsp3) is 0.0933. The highest BCUT2D eigenvalue weighted by Gasteiger charge is 2.54. The summed E-state index contributed by atoms with van der Waals surface area (Å²) in [7, 11) is 0. The Hall–Kier alpha value is -9.24. The summed E-state index contributed by atoms with van der Waals surface area (Å²) in [5.74, 6) is 0.497. The normalized spacial score (nSPS) is 12.8. The lowest BCUT2D eigenvalue weighted by Gasteiger charge is -2.34. The molecule has 2 aliphatic carbocycles. The topological polar surface area (TPSA) is 6.48 Å². The zero-order chi connectivity index (χ0) is 51.8. The van der Waals surface area contributed by atoms with Crippen molar-refractivity contribution in [1.29, 1.82) is 0 Å². The molecule has 0 bridgehead atoms. The lowest BCUT2D eigenvalue weighted by Crippen LogP contribution is -2.27. The summed E-state index contributed by atoms with van der Waals surface area (Å²) in [5, 5.41) is 5.17. The number of para-hydroxylation sites is 4. The van der Waals surface area contributed by atoms with Crippen molar-refractivity contribution < 1.29 is 0 Å². The van der Waals surface area contributed by atoms with Crippen molar-refractivity contribution in [2.24, 2.45) is 0 Å². The van der Waals surface area contributed by atoms with E-state index >= 15 is 0 Å². The van der Waals surface area contributed by atoms with Crippen molar-refractivity contribution in [2.75, 3.05) is 9.80 Å². The van der Waals surface area contributed by atoms with Gasteiger partial charge in [0.15, 0.2) is 0 Å². The van der Waals surface area contributed by atoms with Gasteiger partial charge < -0.3 is 9.80 Å². The lowest BCUT2D eigenvalue weighted by molar-refractivity contribution is 0.806. The second kappa shape index (κ2) is 18.5. The SMILES string of the molecule is CC(C)c1cc2c(c3ccc(N(c4ccccc4)c4ccccc4-c4ccccc4)cc13)C1(c3ccccc3-c3ccccc31)c1c-2cc(C(C)C)c2cc(N(c3ccccc3)c3ccccc3-c3ccccc3)ccc12. The quantitative estimate of drug-likeness (QED) is 0.135. The molecule has 0 atom stereocenters. The molecule has 2 aliphatic rings. The third-order valence-electron chi connectivity index (χ3n) is 16.5. The molecule has 368 valence electrons. The molecule has 0 aliphatic heterocycles. The third-order valence-corrected chi connectivity index (χ3v) is 16.5. The number of benzene rings is 12. The third kappa shape index (κ3) is 7.23. The molecule has 0 unspecified atom stereocenters. The average molecular weight is 987 g/mol. The van der Waals surface area contributed by atoms with Gasteiger partial charge >= 0.3 is 0 Å². The molecule has 12 aromatic rings. The molecule has 77 heavy (non-hydrogen) atoms. The first-order valence-corrected chi connectivity index (χ1v) is 27.3. The van der Waals surface area contributed by atoms with Crippen molar-refractivity contribution in [3.63, 3.8) is 0 Å². The Morgan fingerprint density at radius 1 is 0.273 bits per heavy atom. The maximum Gasteiger partial charge on any atom is 0.0737 e. The summed E-state index contributed by atoms with van der Waals surface area (Å²) in [5.41, 5.74) is 24.3. The van der Waals surface area contributed by atoms with Crippen molar-refractivity contribution >= 4 is 55.7 Å². The predicted octanol–water partition coefficient (Wildman–Crippen LogP) is 20.9. The van der Waals surface area contributed by atoms with E-state index in [9.17, 15) is 0 Å². The minimum Gasteiger partial charge on any atom is -0.310 e. The first kappa shape index (κ1) is 46.3. The summed E-state index contributed by atoms with van der Waals surface area (Å²) in [6, 6.07) is 99.5. The number of hydrogen-bond donors (Lipinski definition) is 0. The zero-order valence-corrected chi connectivity index (χ0v) is 44.0. The molecular formula is C75H58N2. The fourth-order valence-corrected chi connectivity index (χ4v) is 13.3. The van der Waals surface area contributed by atoms with E-state index in [4.69, 9.17) is 0 Å². The number of nitrogens with zero attached hydrogens (tertiary/aromatic N) is 2. The highest BCUT2D eigenvalue weighted by Crippen LogP contribution is 2.66. The Bertz CT molecular complexity index is 3940. The molecule has 0 radical (unpaired) electrons. The van der Waals surface area contributed by atoms with Crippen LogP contribution in [0.3, 0.4) is 0 Å². The van der Waals surface area contributed by atoms with Gasteiger partial charge in [-0.1, -0.05) is 222 Å². The van der Waals surface area contributed by atoms with Gasteiger partial charge in [-0.15, -0.1) is 0 Å². The Balaban J connectivity index is 1.06. The smallest absolute Gasteiger partial charge is 0.0737 e. The highest BCUT2D eigenvalue weighted by atomic mass is 15.1. The maximum atomic E-state index is 2.59. The Kier molecular flexibility index (Phi) is 11.2. The van der Waals surface area contributed by atoms with Gasteiger partial charge in [0.05, 0.1) is 16.8 Å². The van der Waals surface area contributed by atoms with Crippen molar-refractivity contribution in [3.05, 3.63) is 300 Å². The minimum atomic E-state index is -0.611. The van der Waals surface area contributed by atoms with Gasteiger partial charge in [0.2, 0.25) is 0 Å².